The number of carbonyl (C=O) groups is 1. The molecule has 4 aliphatic carbocycles. The van der Waals surface area contributed by atoms with Crippen LogP contribution in [-0.4, -0.2) is 35.1 Å². The molecule has 0 spiro atoms. The van der Waals surface area contributed by atoms with E-state index in [2.05, 4.69) is 11.8 Å². The van der Waals surface area contributed by atoms with E-state index in [-0.39, 0.29) is 6.04 Å². The molecular weight excluding hydrogens is 250 g/mol. The molecule has 4 fully saturated rings. The molecule has 1 N–H and O–H groups in total. The largest absolute Gasteiger partial charge is 0.480 e. The molecule has 2 unspecified atom stereocenters. The van der Waals surface area contributed by atoms with E-state index < -0.39 is 5.97 Å². The van der Waals surface area contributed by atoms with Crippen molar-refractivity contribution >= 4 is 5.97 Å². The lowest BCUT2D eigenvalue weighted by Crippen LogP contribution is -2.57. The highest BCUT2D eigenvalue weighted by Gasteiger charge is 2.54. The monoisotopic (exact) mass is 279 g/mol. The number of likely N-dealkylation sites (N-methyl/N-ethyl adjacent to an activating group) is 1. The molecule has 0 aliphatic heterocycles. The van der Waals surface area contributed by atoms with Gasteiger partial charge in [0.25, 0.3) is 0 Å². The number of carboxylic acid groups (broad SMARTS) is 1. The molecule has 2 atom stereocenters. The van der Waals surface area contributed by atoms with Crippen LogP contribution in [0.4, 0.5) is 0 Å². The van der Waals surface area contributed by atoms with Crippen LogP contribution < -0.4 is 0 Å². The Hall–Kier alpha value is -0.570. The van der Waals surface area contributed by atoms with Crippen LogP contribution in [0.1, 0.15) is 58.8 Å². The van der Waals surface area contributed by atoms with Crippen molar-refractivity contribution in [2.75, 3.05) is 7.05 Å². The van der Waals surface area contributed by atoms with E-state index in [1.165, 1.54) is 38.5 Å². The first-order valence-corrected chi connectivity index (χ1v) is 8.40. The van der Waals surface area contributed by atoms with Crippen LogP contribution in [0.25, 0.3) is 0 Å². The maximum Gasteiger partial charge on any atom is 0.320 e. The first kappa shape index (κ1) is 14.4. The minimum absolute atomic E-state index is 0.321. The van der Waals surface area contributed by atoms with Crippen LogP contribution in [0.15, 0.2) is 0 Å². The molecule has 4 aliphatic rings. The molecule has 3 heteroatoms. The lowest BCUT2D eigenvalue weighted by Gasteiger charge is -2.60. The maximum atomic E-state index is 11.5. The molecule has 0 radical (unpaired) electrons. The van der Waals surface area contributed by atoms with Crippen molar-refractivity contribution < 1.29 is 9.90 Å². The van der Waals surface area contributed by atoms with E-state index in [9.17, 15) is 9.90 Å². The van der Waals surface area contributed by atoms with Gasteiger partial charge in [0, 0.05) is 6.04 Å². The minimum atomic E-state index is -0.661. The highest BCUT2D eigenvalue weighted by atomic mass is 16.4. The predicted octanol–water partition coefficient (Wildman–Crippen LogP) is 3.39. The molecule has 4 bridgehead atoms. The van der Waals surface area contributed by atoms with Crippen LogP contribution in [0.5, 0.6) is 0 Å². The van der Waals surface area contributed by atoms with Crippen LogP contribution in [0.3, 0.4) is 0 Å². The van der Waals surface area contributed by atoms with Crippen molar-refractivity contribution in [3.8, 4) is 0 Å². The van der Waals surface area contributed by atoms with Crippen molar-refractivity contribution in [1.29, 1.82) is 0 Å². The van der Waals surface area contributed by atoms with Gasteiger partial charge in [-0.25, -0.2) is 0 Å². The summed E-state index contributed by atoms with van der Waals surface area (Å²) in [6, 6.07) is 0.0787. The molecule has 0 aromatic carbocycles. The minimum Gasteiger partial charge on any atom is -0.480 e. The summed E-state index contributed by atoms with van der Waals surface area (Å²) in [4.78, 5) is 13.6. The topological polar surface area (TPSA) is 40.5 Å². The van der Waals surface area contributed by atoms with Crippen LogP contribution in [0, 0.1) is 23.2 Å². The van der Waals surface area contributed by atoms with Crippen molar-refractivity contribution in [2.24, 2.45) is 23.2 Å². The van der Waals surface area contributed by atoms with Gasteiger partial charge < -0.3 is 5.11 Å². The summed E-state index contributed by atoms with van der Waals surface area (Å²) in [5.74, 6) is 2.14. The first-order chi connectivity index (χ1) is 9.45. The summed E-state index contributed by atoms with van der Waals surface area (Å²) in [6.07, 6.45) is 9.09. The summed E-state index contributed by atoms with van der Waals surface area (Å²) in [5, 5.41) is 9.43. The van der Waals surface area contributed by atoms with Gasteiger partial charge in [-0.15, -0.1) is 0 Å². The van der Waals surface area contributed by atoms with Crippen LogP contribution in [-0.2, 0) is 4.79 Å². The third kappa shape index (κ3) is 2.18. The second-order valence-corrected chi connectivity index (χ2v) is 7.88. The Morgan fingerprint density at radius 1 is 1.20 bits per heavy atom. The summed E-state index contributed by atoms with van der Waals surface area (Å²) < 4.78 is 0. The third-order valence-corrected chi connectivity index (χ3v) is 6.75. The molecule has 114 valence electrons. The summed E-state index contributed by atoms with van der Waals surface area (Å²) >= 11 is 0. The van der Waals surface area contributed by atoms with Gasteiger partial charge in [0.1, 0.15) is 6.04 Å². The van der Waals surface area contributed by atoms with Gasteiger partial charge in [0.15, 0.2) is 0 Å². The lowest BCUT2D eigenvalue weighted by molar-refractivity contribution is -0.148. The average Bonchev–Trinajstić information content (AvgIpc) is 2.36. The molecule has 3 nitrogen and oxygen atoms in total. The zero-order chi connectivity index (χ0) is 14.5. The van der Waals surface area contributed by atoms with Gasteiger partial charge >= 0.3 is 5.97 Å². The highest BCUT2D eigenvalue weighted by molar-refractivity contribution is 5.73. The second-order valence-electron chi connectivity index (χ2n) is 7.88. The first-order valence-electron chi connectivity index (χ1n) is 8.40. The number of hydrogen-bond acceptors (Lipinski definition) is 2. The molecule has 0 aromatic rings. The molecule has 0 aromatic heterocycles. The van der Waals surface area contributed by atoms with E-state index in [0.717, 1.165) is 17.8 Å². The SMILES string of the molecule is CCC(C(=O)O)N(C)C(C)C12CC3CC(CC(C3)C1)C2. The van der Waals surface area contributed by atoms with E-state index in [1.54, 1.807) is 0 Å². The summed E-state index contributed by atoms with van der Waals surface area (Å²) in [7, 11) is 2.03. The highest BCUT2D eigenvalue weighted by Crippen LogP contribution is 2.61. The van der Waals surface area contributed by atoms with Gasteiger partial charge in [-0.05, 0) is 82.1 Å². The maximum absolute atomic E-state index is 11.5. The Morgan fingerprint density at radius 3 is 2.00 bits per heavy atom. The molecular formula is C17H29NO2. The molecule has 0 amide bonds. The Balaban J connectivity index is 1.79. The molecule has 0 heterocycles. The van der Waals surface area contributed by atoms with Crippen LogP contribution >= 0.6 is 0 Å². The number of rotatable bonds is 5. The fourth-order valence-corrected chi connectivity index (χ4v) is 6.03. The molecule has 20 heavy (non-hydrogen) atoms. The van der Waals surface area contributed by atoms with Gasteiger partial charge in [-0.3, -0.25) is 9.69 Å². The van der Waals surface area contributed by atoms with E-state index in [4.69, 9.17) is 0 Å². The predicted molar refractivity (Wildman–Crippen MR) is 79.5 cm³/mol. The normalized spacial score (nSPS) is 41.9. The third-order valence-electron chi connectivity index (χ3n) is 6.75. The number of aliphatic carboxylic acids is 1. The van der Waals surface area contributed by atoms with Gasteiger partial charge in [-0.2, -0.15) is 0 Å². The van der Waals surface area contributed by atoms with Crippen LogP contribution in [0.2, 0.25) is 0 Å². The summed E-state index contributed by atoms with van der Waals surface area (Å²) in [6.45, 7) is 4.28. The van der Waals surface area contributed by atoms with Crippen molar-refractivity contribution in [3.05, 3.63) is 0 Å². The fraction of sp³-hybridized carbons (Fsp3) is 0.941. The smallest absolute Gasteiger partial charge is 0.320 e. The molecule has 0 saturated heterocycles. The second kappa shape index (κ2) is 5.01. The number of carboxylic acids is 1. The van der Waals surface area contributed by atoms with E-state index in [0.29, 0.717) is 17.9 Å². The Kier molecular flexibility index (Phi) is 3.60. The number of hydrogen-bond donors (Lipinski definition) is 1. The lowest BCUT2D eigenvalue weighted by atomic mass is 9.47. The molecule has 4 saturated carbocycles. The standard InChI is InChI=1S/C17H29NO2/c1-4-15(16(19)20)18(3)11(2)17-8-12-5-13(9-17)7-14(6-12)10-17/h11-15H,4-10H2,1-3H3,(H,19,20). The zero-order valence-corrected chi connectivity index (χ0v) is 13.1. The Bertz CT molecular complexity index is 357. The zero-order valence-electron chi connectivity index (χ0n) is 13.1. The van der Waals surface area contributed by atoms with Gasteiger partial charge in [-0.1, -0.05) is 6.92 Å². The van der Waals surface area contributed by atoms with Gasteiger partial charge in [0.2, 0.25) is 0 Å². The average molecular weight is 279 g/mol. The quantitative estimate of drug-likeness (QED) is 0.838. The Morgan fingerprint density at radius 2 is 1.65 bits per heavy atom. The van der Waals surface area contributed by atoms with Crippen molar-refractivity contribution in [2.45, 2.75) is 70.9 Å². The molecule has 4 rings (SSSR count). The number of nitrogens with zero attached hydrogens (tertiary/aromatic N) is 1. The Labute approximate surface area is 122 Å². The van der Waals surface area contributed by atoms with Crippen molar-refractivity contribution in [1.82, 2.24) is 4.90 Å². The summed E-state index contributed by atoms with van der Waals surface area (Å²) in [5.41, 5.74) is 0.409. The van der Waals surface area contributed by atoms with Crippen molar-refractivity contribution in [3.63, 3.8) is 0 Å². The fourth-order valence-electron chi connectivity index (χ4n) is 6.03. The van der Waals surface area contributed by atoms with Gasteiger partial charge in [0.05, 0.1) is 0 Å². The van der Waals surface area contributed by atoms with E-state index in [1.807, 2.05) is 14.0 Å². The van der Waals surface area contributed by atoms with E-state index >= 15 is 0 Å².